The van der Waals surface area contributed by atoms with Crippen LogP contribution >= 0.6 is 11.6 Å². The van der Waals surface area contributed by atoms with Crippen LogP contribution in [0.1, 0.15) is 26.7 Å². The molecule has 0 saturated carbocycles. The Hall–Kier alpha value is -1.59. The van der Waals surface area contributed by atoms with Gasteiger partial charge in [0.15, 0.2) is 0 Å². The van der Waals surface area contributed by atoms with E-state index >= 15 is 0 Å². The first-order valence-electron chi connectivity index (χ1n) is 7.43. The SMILES string of the molecule is CC(C)[C@H](O)CC(=O)N[C@@H]1CCN(c2cccc(Cl)c2)C1=O. The Labute approximate surface area is 135 Å². The molecule has 0 spiro atoms. The van der Waals surface area contributed by atoms with E-state index in [0.717, 1.165) is 5.69 Å². The molecular formula is C16H21ClN2O3. The highest BCUT2D eigenvalue weighted by atomic mass is 35.5. The van der Waals surface area contributed by atoms with Gasteiger partial charge in [-0.3, -0.25) is 9.59 Å². The highest BCUT2D eigenvalue weighted by Crippen LogP contribution is 2.24. The number of carbonyl (C=O) groups is 2. The van der Waals surface area contributed by atoms with E-state index in [-0.39, 0.29) is 24.2 Å². The topological polar surface area (TPSA) is 69.6 Å². The minimum Gasteiger partial charge on any atom is -0.392 e. The monoisotopic (exact) mass is 324 g/mol. The van der Waals surface area contributed by atoms with Crippen molar-refractivity contribution < 1.29 is 14.7 Å². The number of hydrogen-bond donors (Lipinski definition) is 2. The number of aliphatic hydroxyl groups is 1. The summed E-state index contributed by atoms with van der Waals surface area (Å²) in [6.07, 6.45) is -0.131. The van der Waals surface area contributed by atoms with Crippen molar-refractivity contribution in [2.75, 3.05) is 11.4 Å². The lowest BCUT2D eigenvalue weighted by molar-refractivity contribution is -0.128. The minimum atomic E-state index is -0.694. The van der Waals surface area contributed by atoms with Gasteiger partial charge in [-0.25, -0.2) is 0 Å². The molecule has 120 valence electrons. The number of rotatable bonds is 5. The molecule has 6 heteroatoms. The summed E-state index contributed by atoms with van der Waals surface area (Å²) in [5.41, 5.74) is 0.733. The lowest BCUT2D eigenvalue weighted by Crippen LogP contribution is -2.42. The van der Waals surface area contributed by atoms with Crippen molar-refractivity contribution in [3.05, 3.63) is 29.3 Å². The standard InChI is InChI=1S/C16H21ClN2O3/c1-10(2)14(20)9-15(21)18-13-6-7-19(16(13)22)12-5-3-4-11(17)8-12/h3-5,8,10,13-14,20H,6-7,9H2,1-2H3,(H,18,21)/t13-,14-/m1/s1. The predicted octanol–water partition coefficient (Wildman–Crippen LogP) is 1.97. The lowest BCUT2D eigenvalue weighted by Gasteiger charge is -2.18. The van der Waals surface area contributed by atoms with Crippen LogP contribution < -0.4 is 10.2 Å². The van der Waals surface area contributed by atoms with Crippen molar-refractivity contribution in [3.8, 4) is 0 Å². The Bertz CT molecular complexity index is 562. The fourth-order valence-electron chi connectivity index (χ4n) is 2.39. The first kappa shape index (κ1) is 16.8. The summed E-state index contributed by atoms with van der Waals surface area (Å²) in [4.78, 5) is 25.9. The quantitative estimate of drug-likeness (QED) is 0.870. The van der Waals surface area contributed by atoms with E-state index in [0.29, 0.717) is 18.0 Å². The Morgan fingerprint density at radius 3 is 2.86 bits per heavy atom. The molecule has 1 aromatic carbocycles. The first-order valence-corrected chi connectivity index (χ1v) is 7.80. The number of hydrogen-bond acceptors (Lipinski definition) is 3. The van der Waals surface area contributed by atoms with E-state index in [9.17, 15) is 14.7 Å². The van der Waals surface area contributed by atoms with Crippen molar-refractivity contribution in [1.29, 1.82) is 0 Å². The number of benzene rings is 1. The molecule has 0 radical (unpaired) electrons. The van der Waals surface area contributed by atoms with Crippen molar-refractivity contribution in [2.24, 2.45) is 5.92 Å². The van der Waals surface area contributed by atoms with Crippen LogP contribution in [0.3, 0.4) is 0 Å². The molecule has 0 unspecified atom stereocenters. The van der Waals surface area contributed by atoms with Crippen molar-refractivity contribution >= 4 is 29.1 Å². The van der Waals surface area contributed by atoms with Crippen LogP contribution in [-0.4, -0.2) is 35.6 Å². The van der Waals surface area contributed by atoms with E-state index in [1.807, 2.05) is 19.9 Å². The number of nitrogens with one attached hydrogen (secondary N) is 1. The summed E-state index contributed by atoms with van der Waals surface area (Å²) in [6, 6.07) is 6.54. The third-order valence-corrected chi connectivity index (χ3v) is 4.06. The Balaban J connectivity index is 1.95. The predicted molar refractivity (Wildman–Crippen MR) is 85.8 cm³/mol. The van der Waals surface area contributed by atoms with Gasteiger partial charge in [0, 0.05) is 17.3 Å². The van der Waals surface area contributed by atoms with Gasteiger partial charge in [-0.1, -0.05) is 31.5 Å². The molecule has 1 saturated heterocycles. The third kappa shape index (κ3) is 3.99. The van der Waals surface area contributed by atoms with Gasteiger partial charge in [-0.2, -0.15) is 0 Å². The Morgan fingerprint density at radius 2 is 2.23 bits per heavy atom. The van der Waals surface area contributed by atoms with Gasteiger partial charge in [0.1, 0.15) is 6.04 Å². The summed E-state index contributed by atoms with van der Waals surface area (Å²) >= 11 is 5.94. The normalized spacial score (nSPS) is 19.6. The maximum absolute atomic E-state index is 12.4. The van der Waals surface area contributed by atoms with Crippen LogP contribution in [-0.2, 0) is 9.59 Å². The van der Waals surface area contributed by atoms with E-state index in [1.165, 1.54) is 0 Å². The number of aliphatic hydroxyl groups excluding tert-OH is 1. The zero-order valence-electron chi connectivity index (χ0n) is 12.8. The van der Waals surface area contributed by atoms with Gasteiger partial charge >= 0.3 is 0 Å². The van der Waals surface area contributed by atoms with Gasteiger partial charge in [0.25, 0.3) is 0 Å². The highest BCUT2D eigenvalue weighted by molar-refractivity contribution is 6.31. The Morgan fingerprint density at radius 1 is 1.50 bits per heavy atom. The van der Waals surface area contributed by atoms with Crippen molar-refractivity contribution in [3.63, 3.8) is 0 Å². The van der Waals surface area contributed by atoms with E-state index in [4.69, 9.17) is 11.6 Å². The summed E-state index contributed by atoms with van der Waals surface area (Å²) in [6.45, 7) is 4.23. The summed E-state index contributed by atoms with van der Waals surface area (Å²) in [5.74, 6) is -0.435. The van der Waals surface area contributed by atoms with E-state index in [1.54, 1.807) is 23.1 Å². The fourth-order valence-corrected chi connectivity index (χ4v) is 2.58. The molecule has 2 amide bonds. The molecule has 1 aliphatic rings. The van der Waals surface area contributed by atoms with Crippen LogP contribution in [0.4, 0.5) is 5.69 Å². The van der Waals surface area contributed by atoms with E-state index < -0.39 is 12.1 Å². The average molecular weight is 325 g/mol. The largest absolute Gasteiger partial charge is 0.392 e. The summed E-state index contributed by atoms with van der Waals surface area (Å²) < 4.78 is 0. The molecule has 1 fully saturated rings. The molecule has 5 nitrogen and oxygen atoms in total. The fraction of sp³-hybridized carbons (Fsp3) is 0.500. The van der Waals surface area contributed by atoms with E-state index in [2.05, 4.69) is 5.32 Å². The zero-order valence-corrected chi connectivity index (χ0v) is 13.5. The molecule has 1 heterocycles. The number of anilines is 1. The smallest absolute Gasteiger partial charge is 0.249 e. The summed E-state index contributed by atoms with van der Waals surface area (Å²) in [5, 5.41) is 13.0. The van der Waals surface area contributed by atoms with Crippen LogP contribution in [0, 0.1) is 5.92 Å². The first-order chi connectivity index (χ1) is 10.4. The molecule has 1 aromatic rings. The van der Waals surface area contributed by atoms with Crippen molar-refractivity contribution in [2.45, 2.75) is 38.8 Å². The number of carbonyl (C=O) groups excluding carboxylic acids is 2. The number of nitrogens with zero attached hydrogens (tertiary/aromatic N) is 1. The number of amides is 2. The summed E-state index contributed by atoms with van der Waals surface area (Å²) in [7, 11) is 0. The second kappa shape index (κ2) is 7.11. The molecule has 2 N–H and O–H groups in total. The van der Waals surface area contributed by atoms with Gasteiger partial charge in [0.2, 0.25) is 11.8 Å². The molecule has 0 bridgehead atoms. The molecule has 1 aliphatic heterocycles. The van der Waals surface area contributed by atoms with Gasteiger partial charge in [-0.05, 0) is 30.5 Å². The lowest BCUT2D eigenvalue weighted by atomic mass is 10.0. The maximum atomic E-state index is 12.4. The molecule has 2 rings (SSSR count). The van der Waals surface area contributed by atoms with Gasteiger partial charge < -0.3 is 15.3 Å². The number of halogens is 1. The zero-order chi connectivity index (χ0) is 16.3. The molecular weight excluding hydrogens is 304 g/mol. The minimum absolute atomic E-state index is 0.00740. The second-order valence-electron chi connectivity index (χ2n) is 5.89. The van der Waals surface area contributed by atoms with Crippen LogP contribution in [0.5, 0.6) is 0 Å². The van der Waals surface area contributed by atoms with Crippen molar-refractivity contribution in [1.82, 2.24) is 5.32 Å². The highest BCUT2D eigenvalue weighted by Gasteiger charge is 2.33. The van der Waals surface area contributed by atoms with Crippen LogP contribution in [0.15, 0.2) is 24.3 Å². The maximum Gasteiger partial charge on any atom is 0.249 e. The van der Waals surface area contributed by atoms with Gasteiger partial charge in [-0.15, -0.1) is 0 Å². The molecule has 0 aliphatic carbocycles. The molecule has 2 atom stereocenters. The third-order valence-electron chi connectivity index (χ3n) is 3.82. The average Bonchev–Trinajstić information content (AvgIpc) is 2.80. The second-order valence-corrected chi connectivity index (χ2v) is 6.33. The van der Waals surface area contributed by atoms with Gasteiger partial charge in [0.05, 0.1) is 12.5 Å². The molecule has 22 heavy (non-hydrogen) atoms. The van der Waals surface area contributed by atoms with Crippen LogP contribution in [0.25, 0.3) is 0 Å². The Kier molecular flexibility index (Phi) is 5.42. The molecule has 0 aromatic heterocycles. The van der Waals surface area contributed by atoms with Crippen LogP contribution in [0.2, 0.25) is 5.02 Å².